The average Bonchev–Trinajstić information content (AvgIpc) is 3.37. The van der Waals surface area contributed by atoms with Crippen molar-refractivity contribution in [3.63, 3.8) is 0 Å². The lowest BCUT2D eigenvalue weighted by molar-refractivity contribution is -0.116. The summed E-state index contributed by atoms with van der Waals surface area (Å²) < 4.78 is 5.28. The number of para-hydroxylation sites is 3. The summed E-state index contributed by atoms with van der Waals surface area (Å²) in [7, 11) is 1.56. The fourth-order valence-electron chi connectivity index (χ4n) is 4.91. The zero-order valence-electron chi connectivity index (χ0n) is 21.0. The number of ether oxygens (including phenoxy) is 1. The molecule has 4 aromatic rings. The van der Waals surface area contributed by atoms with Crippen molar-refractivity contribution in [1.29, 1.82) is 0 Å². The van der Waals surface area contributed by atoms with Crippen LogP contribution in [0.1, 0.15) is 41.2 Å². The maximum absolute atomic E-state index is 12.6. The minimum atomic E-state index is -0.238. The van der Waals surface area contributed by atoms with Crippen molar-refractivity contribution in [2.45, 2.75) is 25.2 Å². The summed E-state index contributed by atoms with van der Waals surface area (Å²) in [6, 6.07) is 24.8. The van der Waals surface area contributed by atoms with Gasteiger partial charge in [0.2, 0.25) is 5.91 Å². The van der Waals surface area contributed by atoms with Crippen LogP contribution < -0.4 is 15.4 Å². The van der Waals surface area contributed by atoms with E-state index in [1.54, 1.807) is 43.5 Å². The smallest absolute Gasteiger partial charge is 0.255 e. The number of nitrogens with one attached hydrogen (secondary N) is 3. The molecule has 7 heteroatoms. The number of nitrogens with zero attached hydrogens (tertiary/aromatic N) is 1. The van der Waals surface area contributed by atoms with Crippen LogP contribution in [0, 0.1) is 0 Å². The number of hydrogen-bond acceptors (Lipinski definition) is 4. The number of H-pyrrole nitrogens is 1. The van der Waals surface area contributed by atoms with Crippen molar-refractivity contribution >= 4 is 34.1 Å². The maximum Gasteiger partial charge on any atom is 0.255 e. The van der Waals surface area contributed by atoms with Crippen LogP contribution in [0.15, 0.2) is 78.9 Å². The van der Waals surface area contributed by atoms with Crippen LogP contribution in [0.4, 0.5) is 11.4 Å². The molecule has 37 heavy (non-hydrogen) atoms. The van der Waals surface area contributed by atoms with E-state index in [-0.39, 0.29) is 11.8 Å². The third-order valence-corrected chi connectivity index (χ3v) is 7.02. The molecule has 1 aliphatic heterocycles. The Balaban J connectivity index is 1.06. The molecule has 2 amide bonds. The van der Waals surface area contributed by atoms with Gasteiger partial charge in [-0.05, 0) is 79.8 Å². The molecule has 1 saturated heterocycles. The molecular weight excluding hydrogens is 464 g/mol. The molecule has 0 bridgehead atoms. The normalized spacial score (nSPS) is 14.4. The second kappa shape index (κ2) is 11.3. The van der Waals surface area contributed by atoms with E-state index in [9.17, 15) is 9.59 Å². The van der Waals surface area contributed by atoms with Crippen molar-refractivity contribution in [3.05, 3.63) is 90.1 Å². The molecule has 190 valence electrons. The number of aromatic nitrogens is 1. The second-order valence-corrected chi connectivity index (χ2v) is 9.46. The Bertz CT molecular complexity index is 1340. The SMILES string of the molecule is COc1ccccc1NC(=O)c1ccc(NC(=O)CCN2CCC(c3cc4ccccc4[nH]3)CC2)cc1. The van der Waals surface area contributed by atoms with Gasteiger partial charge in [0.1, 0.15) is 5.75 Å². The Morgan fingerprint density at radius 2 is 1.68 bits per heavy atom. The number of carbonyl (C=O) groups excluding carboxylic acids is 2. The maximum atomic E-state index is 12.6. The van der Waals surface area contributed by atoms with Crippen LogP contribution in [0.2, 0.25) is 0 Å². The standard InChI is InChI=1S/C30H32N4O3/c1-37-28-9-5-4-8-26(28)33-30(36)22-10-12-24(13-11-22)31-29(35)16-19-34-17-14-21(15-18-34)27-20-23-6-2-3-7-25(23)32-27/h2-13,20-21,32H,14-19H2,1H3,(H,31,35)(H,33,36). The summed E-state index contributed by atoms with van der Waals surface area (Å²) in [5.74, 6) is 0.875. The molecule has 0 unspecified atom stereocenters. The third-order valence-electron chi connectivity index (χ3n) is 7.02. The molecule has 7 nitrogen and oxygen atoms in total. The van der Waals surface area contributed by atoms with Crippen LogP contribution in [0.5, 0.6) is 5.75 Å². The largest absolute Gasteiger partial charge is 0.495 e. The number of piperidine rings is 1. The van der Waals surface area contributed by atoms with E-state index in [0.717, 1.165) is 32.5 Å². The molecule has 0 atom stereocenters. The number of amides is 2. The Hall–Kier alpha value is -4.10. The van der Waals surface area contributed by atoms with E-state index in [2.05, 4.69) is 50.8 Å². The number of likely N-dealkylation sites (tertiary alicyclic amines) is 1. The molecule has 5 rings (SSSR count). The van der Waals surface area contributed by atoms with E-state index in [1.165, 1.54) is 16.6 Å². The summed E-state index contributed by atoms with van der Waals surface area (Å²) >= 11 is 0. The first-order valence-electron chi connectivity index (χ1n) is 12.7. The van der Waals surface area contributed by atoms with Gasteiger partial charge in [0, 0.05) is 41.3 Å². The van der Waals surface area contributed by atoms with Crippen molar-refractivity contribution < 1.29 is 14.3 Å². The number of fused-ring (bicyclic) bond motifs is 1. The van der Waals surface area contributed by atoms with Gasteiger partial charge in [-0.3, -0.25) is 9.59 Å². The van der Waals surface area contributed by atoms with Gasteiger partial charge >= 0.3 is 0 Å². The van der Waals surface area contributed by atoms with E-state index in [1.807, 2.05) is 12.1 Å². The number of hydrogen-bond donors (Lipinski definition) is 3. The lowest BCUT2D eigenvalue weighted by atomic mass is 9.93. The Labute approximate surface area is 216 Å². The Morgan fingerprint density at radius 1 is 0.946 bits per heavy atom. The monoisotopic (exact) mass is 496 g/mol. The van der Waals surface area contributed by atoms with Crippen molar-refractivity contribution in [2.75, 3.05) is 37.4 Å². The van der Waals surface area contributed by atoms with E-state index in [4.69, 9.17) is 4.74 Å². The van der Waals surface area contributed by atoms with Gasteiger partial charge in [-0.1, -0.05) is 30.3 Å². The predicted molar refractivity (Wildman–Crippen MR) is 147 cm³/mol. The van der Waals surface area contributed by atoms with Crippen LogP contribution in [-0.2, 0) is 4.79 Å². The number of methoxy groups -OCH3 is 1. The molecule has 3 aromatic carbocycles. The van der Waals surface area contributed by atoms with Crippen LogP contribution in [0.3, 0.4) is 0 Å². The average molecular weight is 497 g/mol. The first-order valence-corrected chi connectivity index (χ1v) is 12.7. The minimum absolute atomic E-state index is 0.0241. The van der Waals surface area contributed by atoms with Gasteiger partial charge in [0.25, 0.3) is 5.91 Å². The van der Waals surface area contributed by atoms with Crippen molar-refractivity contribution in [2.24, 2.45) is 0 Å². The number of aromatic amines is 1. The molecule has 1 aliphatic rings. The topological polar surface area (TPSA) is 86.5 Å². The highest BCUT2D eigenvalue weighted by atomic mass is 16.5. The summed E-state index contributed by atoms with van der Waals surface area (Å²) in [6.45, 7) is 2.72. The molecule has 1 aromatic heterocycles. The highest BCUT2D eigenvalue weighted by Crippen LogP contribution is 2.30. The first-order chi connectivity index (χ1) is 18.1. The van der Waals surface area contributed by atoms with Crippen LogP contribution >= 0.6 is 0 Å². The number of benzene rings is 3. The molecule has 0 saturated carbocycles. The van der Waals surface area contributed by atoms with E-state index in [0.29, 0.717) is 35.0 Å². The number of rotatable bonds is 8. The predicted octanol–water partition coefficient (Wildman–Crippen LogP) is 5.64. The van der Waals surface area contributed by atoms with Gasteiger partial charge in [0.05, 0.1) is 12.8 Å². The minimum Gasteiger partial charge on any atom is -0.495 e. The summed E-state index contributed by atoms with van der Waals surface area (Å²) in [6.07, 6.45) is 2.62. The highest BCUT2D eigenvalue weighted by Gasteiger charge is 2.22. The van der Waals surface area contributed by atoms with Gasteiger partial charge in [0.15, 0.2) is 0 Å². The van der Waals surface area contributed by atoms with E-state index < -0.39 is 0 Å². The van der Waals surface area contributed by atoms with Gasteiger partial charge in [-0.25, -0.2) is 0 Å². The van der Waals surface area contributed by atoms with Crippen LogP contribution in [-0.4, -0.2) is 48.4 Å². The summed E-state index contributed by atoms with van der Waals surface area (Å²) in [5.41, 5.74) is 4.30. The zero-order valence-corrected chi connectivity index (χ0v) is 21.0. The number of carbonyl (C=O) groups is 2. The molecule has 1 fully saturated rings. The van der Waals surface area contributed by atoms with Gasteiger partial charge in [-0.15, -0.1) is 0 Å². The molecule has 2 heterocycles. The number of anilines is 2. The molecular formula is C30H32N4O3. The van der Waals surface area contributed by atoms with Crippen LogP contribution in [0.25, 0.3) is 10.9 Å². The fourth-order valence-corrected chi connectivity index (χ4v) is 4.91. The fraction of sp³-hybridized carbons (Fsp3) is 0.267. The third kappa shape index (κ3) is 6.01. The van der Waals surface area contributed by atoms with Gasteiger partial charge < -0.3 is 25.3 Å². The zero-order chi connectivity index (χ0) is 25.6. The Kier molecular flexibility index (Phi) is 7.51. The Morgan fingerprint density at radius 3 is 2.43 bits per heavy atom. The lowest BCUT2D eigenvalue weighted by Gasteiger charge is -2.31. The van der Waals surface area contributed by atoms with Gasteiger partial charge in [-0.2, -0.15) is 0 Å². The molecule has 3 N–H and O–H groups in total. The second-order valence-electron chi connectivity index (χ2n) is 9.46. The molecule has 0 spiro atoms. The molecule has 0 aliphatic carbocycles. The summed E-state index contributed by atoms with van der Waals surface area (Å²) in [4.78, 5) is 31.1. The van der Waals surface area contributed by atoms with Crippen molar-refractivity contribution in [1.82, 2.24) is 9.88 Å². The lowest BCUT2D eigenvalue weighted by Crippen LogP contribution is -2.35. The quantitative estimate of drug-likeness (QED) is 0.295. The summed E-state index contributed by atoms with van der Waals surface area (Å²) in [5, 5.41) is 7.06. The highest BCUT2D eigenvalue weighted by molar-refractivity contribution is 6.05. The van der Waals surface area contributed by atoms with Crippen molar-refractivity contribution in [3.8, 4) is 5.75 Å². The first kappa shape index (κ1) is 24.6. The molecule has 0 radical (unpaired) electrons. The van der Waals surface area contributed by atoms with E-state index >= 15 is 0 Å².